The lowest BCUT2D eigenvalue weighted by Gasteiger charge is -2.28. The quantitative estimate of drug-likeness (QED) is 0.763. The standard InChI is InChI=1S/C15H22F4N2/c1-4-8-21(10-15(17,18)19)14-7-5-6-13(16)12(14)9-20-11(2)3/h5-7,11,20H,4,8-10H2,1-3H3. The van der Waals surface area contributed by atoms with Gasteiger partial charge in [-0.3, -0.25) is 0 Å². The predicted molar refractivity (Wildman–Crippen MR) is 76.9 cm³/mol. The van der Waals surface area contributed by atoms with Crippen molar-refractivity contribution in [3.63, 3.8) is 0 Å². The molecular weight excluding hydrogens is 284 g/mol. The summed E-state index contributed by atoms with van der Waals surface area (Å²) in [7, 11) is 0. The number of nitrogens with one attached hydrogen (secondary N) is 1. The third kappa shape index (κ3) is 5.91. The maximum Gasteiger partial charge on any atom is 0.405 e. The highest BCUT2D eigenvalue weighted by Crippen LogP contribution is 2.27. The van der Waals surface area contributed by atoms with Gasteiger partial charge in [0.1, 0.15) is 12.4 Å². The molecule has 0 bridgehead atoms. The molecule has 2 nitrogen and oxygen atoms in total. The summed E-state index contributed by atoms with van der Waals surface area (Å²) in [6, 6.07) is 4.39. The van der Waals surface area contributed by atoms with Gasteiger partial charge in [-0.1, -0.05) is 26.8 Å². The van der Waals surface area contributed by atoms with Crippen molar-refractivity contribution in [2.24, 2.45) is 0 Å². The molecule has 0 aliphatic carbocycles. The Morgan fingerprint density at radius 3 is 2.43 bits per heavy atom. The molecule has 0 amide bonds. The number of hydrogen-bond donors (Lipinski definition) is 1. The fraction of sp³-hybridized carbons (Fsp3) is 0.600. The lowest BCUT2D eigenvalue weighted by atomic mass is 10.1. The number of alkyl halides is 3. The van der Waals surface area contributed by atoms with Gasteiger partial charge in [0.05, 0.1) is 0 Å². The van der Waals surface area contributed by atoms with Gasteiger partial charge in [-0.2, -0.15) is 13.2 Å². The summed E-state index contributed by atoms with van der Waals surface area (Å²) in [5.74, 6) is -0.482. The Balaban J connectivity index is 3.08. The van der Waals surface area contributed by atoms with Gasteiger partial charge in [0.2, 0.25) is 0 Å². The van der Waals surface area contributed by atoms with E-state index in [1.807, 2.05) is 13.8 Å². The number of halogens is 4. The fourth-order valence-corrected chi connectivity index (χ4v) is 2.10. The Morgan fingerprint density at radius 2 is 1.90 bits per heavy atom. The number of anilines is 1. The summed E-state index contributed by atoms with van der Waals surface area (Å²) in [6.45, 7) is 4.98. The molecule has 0 unspecified atom stereocenters. The van der Waals surface area contributed by atoms with E-state index in [-0.39, 0.29) is 24.7 Å². The van der Waals surface area contributed by atoms with Crippen LogP contribution in [0.2, 0.25) is 0 Å². The monoisotopic (exact) mass is 306 g/mol. The normalized spacial score (nSPS) is 12.0. The maximum atomic E-state index is 14.0. The Hall–Kier alpha value is -1.30. The van der Waals surface area contributed by atoms with Crippen molar-refractivity contribution in [3.8, 4) is 0 Å². The lowest BCUT2D eigenvalue weighted by Crippen LogP contribution is -2.36. The lowest BCUT2D eigenvalue weighted by molar-refractivity contribution is -0.119. The van der Waals surface area contributed by atoms with Crippen LogP contribution in [0.3, 0.4) is 0 Å². The molecule has 1 rings (SSSR count). The first kappa shape index (κ1) is 17.8. The van der Waals surface area contributed by atoms with Crippen LogP contribution < -0.4 is 10.2 Å². The molecule has 1 N–H and O–H groups in total. The van der Waals surface area contributed by atoms with Gasteiger partial charge in [0.15, 0.2) is 0 Å². The molecule has 21 heavy (non-hydrogen) atoms. The SMILES string of the molecule is CCCN(CC(F)(F)F)c1cccc(F)c1CNC(C)C. The molecule has 120 valence electrons. The molecule has 0 fully saturated rings. The van der Waals surface area contributed by atoms with Gasteiger partial charge in [-0.25, -0.2) is 4.39 Å². The highest BCUT2D eigenvalue weighted by atomic mass is 19.4. The van der Waals surface area contributed by atoms with E-state index < -0.39 is 18.5 Å². The molecular formula is C15H22F4N2. The van der Waals surface area contributed by atoms with Gasteiger partial charge >= 0.3 is 6.18 Å². The van der Waals surface area contributed by atoms with Crippen molar-refractivity contribution in [2.75, 3.05) is 18.0 Å². The zero-order valence-corrected chi connectivity index (χ0v) is 12.6. The number of benzene rings is 1. The van der Waals surface area contributed by atoms with E-state index in [4.69, 9.17) is 0 Å². The first-order valence-electron chi connectivity index (χ1n) is 7.07. The van der Waals surface area contributed by atoms with Crippen LogP contribution in [0.1, 0.15) is 32.8 Å². The van der Waals surface area contributed by atoms with Crippen LogP contribution in [0.4, 0.5) is 23.2 Å². The summed E-state index contributed by atoms with van der Waals surface area (Å²) >= 11 is 0. The highest BCUT2D eigenvalue weighted by Gasteiger charge is 2.31. The summed E-state index contributed by atoms with van der Waals surface area (Å²) in [5, 5.41) is 3.05. The van der Waals surface area contributed by atoms with E-state index in [0.717, 1.165) is 0 Å². The topological polar surface area (TPSA) is 15.3 Å². The van der Waals surface area contributed by atoms with E-state index >= 15 is 0 Å². The molecule has 0 saturated carbocycles. The van der Waals surface area contributed by atoms with Gasteiger partial charge in [-0.05, 0) is 18.6 Å². The minimum absolute atomic E-state index is 0.125. The van der Waals surface area contributed by atoms with Crippen molar-refractivity contribution in [1.82, 2.24) is 5.32 Å². The first-order valence-corrected chi connectivity index (χ1v) is 7.07. The number of rotatable bonds is 7. The predicted octanol–water partition coefficient (Wildman–Crippen LogP) is 4.10. The molecule has 0 aromatic heterocycles. The Bertz CT molecular complexity index is 444. The number of hydrogen-bond acceptors (Lipinski definition) is 2. The smallest absolute Gasteiger partial charge is 0.362 e. The minimum Gasteiger partial charge on any atom is -0.362 e. The van der Waals surface area contributed by atoms with Crippen molar-refractivity contribution in [1.29, 1.82) is 0 Å². The molecule has 0 radical (unpaired) electrons. The molecule has 1 aromatic carbocycles. The van der Waals surface area contributed by atoms with Crippen LogP contribution in [0.15, 0.2) is 18.2 Å². The summed E-state index contributed by atoms with van der Waals surface area (Å²) < 4.78 is 52.1. The van der Waals surface area contributed by atoms with Gasteiger partial charge < -0.3 is 10.2 Å². The van der Waals surface area contributed by atoms with Gasteiger partial charge in [0, 0.05) is 30.4 Å². The summed E-state index contributed by atoms with van der Waals surface area (Å²) in [6.07, 6.45) is -3.76. The Labute approximate surface area is 123 Å². The molecule has 0 aliphatic rings. The molecule has 0 heterocycles. The third-order valence-electron chi connectivity index (χ3n) is 2.99. The molecule has 6 heteroatoms. The second-order valence-corrected chi connectivity index (χ2v) is 5.31. The Kier molecular flexibility index (Phi) is 6.45. The minimum atomic E-state index is -4.32. The fourth-order valence-electron chi connectivity index (χ4n) is 2.10. The second kappa shape index (κ2) is 7.64. The maximum absolute atomic E-state index is 14.0. The van der Waals surface area contributed by atoms with Gasteiger partial charge in [-0.15, -0.1) is 0 Å². The molecule has 0 atom stereocenters. The average Bonchev–Trinajstić information content (AvgIpc) is 2.34. The van der Waals surface area contributed by atoms with E-state index in [0.29, 0.717) is 12.1 Å². The van der Waals surface area contributed by atoms with Gasteiger partial charge in [0.25, 0.3) is 0 Å². The van der Waals surface area contributed by atoms with Crippen molar-refractivity contribution in [3.05, 3.63) is 29.6 Å². The number of nitrogens with zero attached hydrogens (tertiary/aromatic N) is 1. The average molecular weight is 306 g/mol. The Morgan fingerprint density at radius 1 is 1.24 bits per heavy atom. The van der Waals surface area contributed by atoms with Crippen molar-refractivity contribution < 1.29 is 17.6 Å². The third-order valence-corrected chi connectivity index (χ3v) is 2.99. The van der Waals surface area contributed by atoms with Crippen LogP contribution in [-0.4, -0.2) is 25.3 Å². The van der Waals surface area contributed by atoms with Crippen LogP contribution in [0.25, 0.3) is 0 Å². The highest BCUT2D eigenvalue weighted by molar-refractivity contribution is 5.54. The van der Waals surface area contributed by atoms with E-state index in [9.17, 15) is 17.6 Å². The largest absolute Gasteiger partial charge is 0.405 e. The van der Waals surface area contributed by atoms with E-state index in [1.54, 1.807) is 13.0 Å². The van der Waals surface area contributed by atoms with Crippen LogP contribution >= 0.6 is 0 Å². The van der Waals surface area contributed by atoms with E-state index in [1.165, 1.54) is 17.0 Å². The van der Waals surface area contributed by atoms with Crippen LogP contribution in [0.5, 0.6) is 0 Å². The first-order chi connectivity index (χ1) is 9.74. The van der Waals surface area contributed by atoms with Crippen molar-refractivity contribution in [2.45, 2.75) is 46.0 Å². The zero-order chi connectivity index (χ0) is 16.0. The molecule has 0 saturated heterocycles. The molecule has 1 aromatic rings. The zero-order valence-electron chi connectivity index (χ0n) is 12.6. The van der Waals surface area contributed by atoms with E-state index in [2.05, 4.69) is 5.32 Å². The van der Waals surface area contributed by atoms with Crippen LogP contribution in [-0.2, 0) is 6.54 Å². The summed E-state index contributed by atoms with van der Waals surface area (Å²) in [4.78, 5) is 1.19. The molecule has 0 aliphatic heterocycles. The van der Waals surface area contributed by atoms with Crippen molar-refractivity contribution >= 4 is 5.69 Å². The second-order valence-electron chi connectivity index (χ2n) is 5.31. The van der Waals surface area contributed by atoms with Crippen LogP contribution in [0, 0.1) is 5.82 Å². The molecule has 0 spiro atoms. The summed E-state index contributed by atoms with van der Waals surface area (Å²) in [5.41, 5.74) is 0.589.